The second-order valence-electron chi connectivity index (χ2n) is 3.13. The van der Waals surface area contributed by atoms with E-state index in [9.17, 15) is 0 Å². The lowest BCUT2D eigenvalue weighted by atomic mass is 10.1. The maximum absolute atomic E-state index is 4.09. The summed E-state index contributed by atoms with van der Waals surface area (Å²) in [7, 11) is 0. The van der Waals surface area contributed by atoms with Gasteiger partial charge in [0.15, 0.2) is 0 Å². The monoisotopic (exact) mass is 137 g/mol. The molecular formula is C7H11N3. The normalized spacial score (nSPS) is 30.6. The van der Waals surface area contributed by atoms with E-state index in [1.807, 2.05) is 0 Å². The van der Waals surface area contributed by atoms with Crippen LogP contribution in [0.1, 0.15) is 43.5 Å². The van der Waals surface area contributed by atoms with Gasteiger partial charge in [0.1, 0.15) is 0 Å². The average Bonchev–Trinajstić information content (AvgIpc) is 2.39. The van der Waals surface area contributed by atoms with Gasteiger partial charge in [-0.15, -0.1) is 0 Å². The predicted octanol–water partition coefficient (Wildman–Crippen LogP) is 1.42. The molecule has 0 aliphatic heterocycles. The summed E-state index contributed by atoms with van der Waals surface area (Å²) >= 11 is 0. The standard InChI is InChI=1S/C7H11N3/c1-4-3-5(2)7-6(4)8-10-9-7/h4-5H,3H2,1-2H3,(H,8,9,10). The quantitative estimate of drug-likeness (QED) is 0.587. The zero-order valence-electron chi connectivity index (χ0n) is 6.26. The van der Waals surface area contributed by atoms with E-state index in [-0.39, 0.29) is 0 Å². The Bertz CT molecular complexity index is 218. The van der Waals surface area contributed by atoms with Crippen LogP contribution in [0.3, 0.4) is 0 Å². The second kappa shape index (κ2) is 1.81. The number of aromatic amines is 1. The van der Waals surface area contributed by atoms with Gasteiger partial charge in [0, 0.05) is 11.8 Å². The molecule has 3 heteroatoms. The number of nitrogens with one attached hydrogen (secondary N) is 1. The van der Waals surface area contributed by atoms with Gasteiger partial charge in [0.2, 0.25) is 0 Å². The van der Waals surface area contributed by atoms with E-state index in [4.69, 9.17) is 0 Å². The van der Waals surface area contributed by atoms with Crippen molar-refractivity contribution in [2.45, 2.75) is 32.1 Å². The number of hydrogen-bond donors (Lipinski definition) is 1. The Morgan fingerprint density at radius 3 is 2.20 bits per heavy atom. The summed E-state index contributed by atoms with van der Waals surface area (Å²) < 4.78 is 0. The number of aromatic nitrogens is 3. The molecular weight excluding hydrogens is 126 g/mol. The molecule has 1 aromatic rings. The van der Waals surface area contributed by atoms with Gasteiger partial charge < -0.3 is 0 Å². The number of H-pyrrole nitrogens is 1. The van der Waals surface area contributed by atoms with Crippen molar-refractivity contribution in [1.29, 1.82) is 0 Å². The van der Waals surface area contributed by atoms with Gasteiger partial charge in [-0.25, -0.2) is 0 Å². The highest BCUT2D eigenvalue weighted by atomic mass is 15.3. The first kappa shape index (κ1) is 5.89. The molecule has 2 atom stereocenters. The van der Waals surface area contributed by atoms with Gasteiger partial charge in [-0.05, 0) is 6.42 Å². The molecule has 10 heavy (non-hydrogen) atoms. The molecule has 2 rings (SSSR count). The molecule has 3 nitrogen and oxygen atoms in total. The minimum absolute atomic E-state index is 0.601. The van der Waals surface area contributed by atoms with E-state index >= 15 is 0 Å². The Kier molecular flexibility index (Phi) is 1.07. The molecule has 0 radical (unpaired) electrons. The molecule has 0 bridgehead atoms. The SMILES string of the molecule is CC1CC(C)c2n[nH]nc21. The molecule has 54 valence electrons. The van der Waals surface area contributed by atoms with Crippen LogP contribution < -0.4 is 0 Å². The van der Waals surface area contributed by atoms with Gasteiger partial charge in [-0.3, -0.25) is 0 Å². The Labute approximate surface area is 59.8 Å². The third-order valence-electron chi connectivity index (χ3n) is 2.24. The van der Waals surface area contributed by atoms with Crippen LogP contribution in [0, 0.1) is 0 Å². The van der Waals surface area contributed by atoms with Crippen LogP contribution in [-0.4, -0.2) is 15.4 Å². The number of fused-ring (bicyclic) bond motifs is 1. The number of hydrogen-bond acceptors (Lipinski definition) is 2. The first-order valence-electron chi connectivity index (χ1n) is 3.69. The van der Waals surface area contributed by atoms with E-state index in [0.717, 1.165) is 0 Å². The first-order chi connectivity index (χ1) is 4.79. The fraction of sp³-hybridized carbons (Fsp3) is 0.714. The molecule has 1 aliphatic rings. The van der Waals surface area contributed by atoms with E-state index in [1.165, 1.54) is 17.8 Å². The number of rotatable bonds is 0. The zero-order chi connectivity index (χ0) is 7.14. The van der Waals surface area contributed by atoms with Gasteiger partial charge in [0.05, 0.1) is 11.4 Å². The molecule has 0 saturated heterocycles. The minimum atomic E-state index is 0.601. The van der Waals surface area contributed by atoms with Crippen LogP contribution in [0.15, 0.2) is 0 Å². The lowest BCUT2D eigenvalue weighted by Gasteiger charge is -1.98. The smallest absolute Gasteiger partial charge is 0.0887 e. The van der Waals surface area contributed by atoms with Gasteiger partial charge in [-0.1, -0.05) is 13.8 Å². The van der Waals surface area contributed by atoms with Gasteiger partial charge in [0.25, 0.3) is 0 Å². The average molecular weight is 137 g/mol. The molecule has 0 fully saturated rings. The fourth-order valence-corrected chi connectivity index (χ4v) is 1.73. The van der Waals surface area contributed by atoms with Crippen LogP contribution in [-0.2, 0) is 0 Å². The Balaban J connectivity index is 2.48. The molecule has 0 saturated carbocycles. The summed E-state index contributed by atoms with van der Waals surface area (Å²) in [6.45, 7) is 4.40. The predicted molar refractivity (Wildman–Crippen MR) is 37.8 cm³/mol. The Hall–Kier alpha value is -0.860. The van der Waals surface area contributed by atoms with E-state index < -0.39 is 0 Å². The van der Waals surface area contributed by atoms with Crippen LogP contribution >= 0.6 is 0 Å². The van der Waals surface area contributed by atoms with E-state index in [0.29, 0.717) is 11.8 Å². The van der Waals surface area contributed by atoms with Gasteiger partial charge >= 0.3 is 0 Å². The van der Waals surface area contributed by atoms with Crippen molar-refractivity contribution in [3.63, 3.8) is 0 Å². The Morgan fingerprint density at radius 1 is 1.20 bits per heavy atom. The van der Waals surface area contributed by atoms with Crippen molar-refractivity contribution in [3.05, 3.63) is 11.4 Å². The summed E-state index contributed by atoms with van der Waals surface area (Å²) in [5, 5.41) is 10.8. The Morgan fingerprint density at radius 2 is 1.70 bits per heavy atom. The van der Waals surface area contributed by atoms with E-state index in [2.05, 4.69) is 29.3 Å². The highest BCUT2D eigenvalue weighted by molar-refractivity contribution is 5.23. The maximum atomic E-state index is 4.09. The van der Waals surface area contributed by atoms with Crippen molar-refractivity contribution >= 4 is 0 Å². The van der Waals surface area contributed by atoms with Crippen molar-refractivity contribution < 1.29 is 0 Å². The fourth-order valence-electron chi connectivity index (χ4n) is 1.73. The molecule has 1 heterocycles. The third-order valence-corrected chi connectivity index (χ3v) is 2.24. The molecule has 2 unspecified atom stereocenters. The zero-order valence-corrected chi connectivity index (χ0v) is 6.26. The van der Waals surface area contributed by atoms with Crippen LogP contribution in [0.25, 0.3) is 0 Å². The number of nitrogens with zero attached hydrogens (tertiary/aromatic N) is 2. The summed E-state index contributed by atoms with van der Waals surface area (Å²) in [6.07, 6.45) is 1.21. The van der Waals surface area contributed by atoms with Crippen molar-refractivity contribution in [2.75, 3.05) is 0 Å². The highest BCUT2D eigenvalue weighted by Gasteiger charge is 2.28. The molecule has 1 aliphatic carbocycles. The molecule has 0 aromatic carbocycles. The van der Waals surface area contributed by atoms with Crippen LogP contribution in [0.5, 0.6) is 0 Å². The molecule has 1 aromatic heterocycles. The second-order valence-corrected chi connectivity index (χ2v) is 3.13. The maximum Gasteiger partial charge on any atom is 0.0887 e. The summed E-state index contributed by atoms with van der Waals surface area (Å²) in [6, 6.07) is 0. The minimum Gasteiger partial charge on any atom is -0.197 e. The summed E-state index contributed by atoms with van der Waals surface area (Å²) in [5.41, 5.74) is 2.35. The van der Waals surface area contributed by atoms with E-state index in [1.54, 1.807) is 0 Å². The summed E-state index contributed by atoms with van der Waals surface area (Å²) in [5.74, 6) is 1.20. The highest BCUT2D eigenvalue weighted by Crippen LogP contribution is 2.37. The topological polar surface area (TPSA) is 41.6 Å². The largest absolute Gasteiger partial charge is 0.197 e. The van der Waals surface area contributed by atoms with Crippen molar-refractivity contribution in [3.8, 4) is 0 Å². The first-order valence-corrected chi connectivity index (χ1v) is 3.69. The van der Waals surface area contributed by atoms with Crippen molar-refractivity contribution in [1.82, 2.24) is 15.4 Å². The van der Waals surface area contributed by atoms with Gasteiger partial charge in [-0.2, -0.15) is 15.4 Å². The lowest BCUT2D eigenvalue weighted by Crippen LogP contribution is -1.88. The third kappa shape index (κ3) is 0.602. The summed E-state index contributed by atoms with van der Waals surface area (Å²) in [4.78, 5) is 0. The van der Waals surface area contributed by atoms with Crippen molar-refractivity contribution in [2.24, 2.45) is 0 Å². The molecule has 0 spiro atoms. The van der Waals surface area contributed by atoms with Crippen LogP contribution in [0.4, 0.5) is 0 Å². The molecule has 0 amide bonds. The molecule has 1 N–H and O–H groups in total. The lowest BCUT2D eigenvalue weighted by molar-refractivity contribution is 0.626. The van der Waals surface area contributed by atoms with Crippen LogP contribution in [0.2, 0.25) is 0 Å².